The monoisotopic (exact) mass is 322 g/mol. The lowest BCUT2D eigenvalue weighted by atomic mass is 10.2. The van der Waals surface area contributed by atoms with Gasteiger partial charge in [0.05, 0.1) is 17.1 Å². The average Bonchev–Trinajstić information content (AvgIpc) is 2.34. The Morgan fingerprint density at radius 3 is 2.43 bits per heavy atom. The van der Waals surface area contributed by atoms with Gasteiger partial charge in [-0.1, -0.05) is 0 Å². The van der Waals surface area contributed by atoms with Gasteiger partial charge in [0.15, 0.2) is 0 Å². The highest BCUT2D eigenvalue weighted by molar-refractivity contribution is 7.89. The number of benzene rings is 1. The second-order valence-corrected chi connectivity index (χ2v) is 5.73. The summed E-state index contributed by atoms with van der Waals surface area (Å²) in [6, 6.07) is -0.0937. The van der Waals surface area contributed by atoms with Crippen LogP contribution in [0.4, 0.5) is 10.1 Å². The number of sulfonamides is 1. The Balaban J connectivity index is 3.19. The average molecular weight is 322 g/mol. The van der Waals surface area contributed by atoms with Gasteiger partial charge in [-0.3, -0.25) is 14.9 Å². The van der Waals surface area contributed by atoms with Gasteiger partial charge in [-0.15, -0.1) is 0 Å². The van der Waals surface area contributed by atoms with Gasteiger partial charge in [-0.25, -0.2) is 12.8 Å². The minimum atomic E-state index is -4.61. The molecule has 0 unspecified atom stereocenters. The molecule has 0 saturated heterocycles. The third-order valence-electron chi connectivity index (χ3n) is 2.45. The summed E-state index contributed by atoms with van der Waals surface area (Å²) in [6.07, 6.45) is -1.57. The van der Waals surface area contributed by atoms with Crippen molar-refractivity contribution < 1.29 is 32.7 Å². The molecule has 1 aromatic rings. The zero-order valence-corrected chi connectivity index (χ0v) is 11.4. The third kappa shape index (κ3) is 3.93. The highest BCUT2D eigenvalue weighted by atomic mass is 32.2. The molecule has 21 heavy (non-hydrogen) atoms. The van der Waals surface area contributed by atoms with E-state index >= 15 is 0 Å². The molecule has 9 nitrogen and oxygen atoms in total. The van der Waals surface area contributed by atoms with E-state index < -0.39 is 49.5 Å². The highest BCUT2D eigenvalue weighted by Crippen LogP contribution is 2.20. The standard InChI is InChI=1S/C10H11FN2O7S/c1-5(14)9(10(15)16)12-21(19,20)8-3-2-6(13(17)18)4-7(8)11/h2-5,9,12,14H,1H3,(H,15,16)/t5-,9+/m1/s1. The number of nitro groups is 1. The van der Waals surface area contributed by atoms with E-state index in [4.69, 9.17) is 5.11 Å². The van der Waals surface area contributed by atoms with E-state index in [-0.39, 0.29) is 0 Å². The van der Waals surface area contributed by atoms with E-state index in [9.17, 15) is 32.8 Å². The van der Waals surface area contributed by atoms with Crippen molar-refractivity contribution >= 4 is 21.7 Å². The summed E-state index contributed by atoms with van der Waals surface area (Å²) in [7, 11) is -4.61. The van der Waals surface area contributed by atoms with Crippen molar-refractivity contribution in [2.45, 2.75) is 24.0 Å². The first kappa shape index (κ1) is 16.9. The van der Waals surface area contributed by atoms with E-state index in [1.54, 1.807) is 4.72 Å². The Morgan fingerprint density at radius 2 is 2.05 bits per heavy atom. The molecular formula is C10H11FN2O7S. The van der Waals surface area contributed by atoms with Crippen molar-refractivity contribution in [2.75, 3.05) is 0 Å². The molecule has 0 spiro atoms. The van der Waals surface area contributed by atoms with Crippen molar-refractivity contribution in [3.8, 4) is 0 Å². The zero-order valence-electron chi connectivity index (χ0n) is 10.6. The molecule has 0 saturated carbocycles. The Hall–Kier alpha value is -2.11. The van der Waals surface area contributed by atoms with E-state index in [1.807, 2.05) is 0 Å². The fraction of sp³-hybridized carbons (Fsp3) is 0.300. The number of hydrogen-bond donors (Lipinski definition) is 3. The Bertz CT molecular complexity index is 674. The molecule has 1 rings (SSSR count). The maximum Gasteiger partial charge on any atom is 0.324 e. The van der Waals surface area contributed by atoms with Gasteiger partial charge in [0.25, 0.3) is 5.69 Å². The smallest absolute Gasteiger partial charge is 0.324 e. The fourth-order valence-corrected chi connectivity index (χ4v) is 2.73. The molecule has 11 heteroatoms. The number of aliphatic carboxylic acids is 1. The molecular weight excluding hydrogens is 311 g/mol. The fourth-order valence-electron chi connectivity index (χ4n) is 1.41. The minimum absolute atomic E-state index is 0.396. The number of aliphatic hydroxyl groups excluding tert-OH is 1. The molecule has 0 heterocycles. The molecule has 3 N–H and O–H groups in total. The summed E-state index contributed by atoms with van der Waals surface area (Å²) in [6.45, 7) is 1.04. The quantitative estimate of drug-likeness (QED) is 0.487. The Kier molecular flexibility index (Phi) is 4.93. The van der Waals surface area contributed by atoms with E-state index in [0.29, 0.717) is 12.1 Å². The van der Waals surface area contributed by atoms with Gasteiger partial charge in [0.2, 0.25) is 10.0 Å². The van der Waals surface area contributed by atoms with Crippen molar-refractivity contribution in [1.29, 1.82) is 0 Å². The number of nitrogens with zero attached hydrogens (tertiary/aromatic N) is 1. The molecule has 2 atom stereocenters. The van der Waals surface area contributed by atoms with Crippen molar-refractivity contribution in [1.82, 2.24) is 4.72 Å². The summed E-state index contributed by atoms with van der Waals surface area (Å²) < 4.78 is 39.0. The van der Waals surface area contributed by atoms with E-state index in [0.717, 1.165) is 13.0 Å². The second kappa shape index (κ2) is 6.11. The SMILES string of the molecule is C[C@@H](O)[C@H](NS(=O)(=O)c1ccc([N+](=O)[O-])cc1F)C(=O)O. The van der Waals surface area contributed by atoms with Crippen LogP contribution in [-0.4, -0.2) is 41.7 Å². The maximum absolute atomic E-state index is 13.6. The third-order valence-corrected chi connectivity index (χ3v) is 3.92. The normalized spacial score (nSPS) is 14.4. The summed E-state index contributed by atoms with van der Waals surface area (Å²) in [5.41, 5.74) is -0.656. The molecule has 116 valence electrons. The summed E-state index contributed by atoms with van der Waals surface area (Å²) in [5.74, 6) is -3.07. The summed E-state index contributed by atoms with van der Waals surface area (Å²) >= 11 is 0. The van der Waals surface area contributed by atoms with Gasteiger partial charge in [-0.2, -0.15) is 4.72 Å². The van der Waals surface area contributed by atoms with Crippen LogP contribution in [-0.2, 0) is 14.8 Å². The summed E-state index contributed by atoms with van der Waals surface area (Å²) in [4.78, 5) is 19.4. The van der Waals surface area contributed by atoms with Gasteiger partial charge in [-0.05, 0) is 13.0 Å². The number of carboxylic acid groups (broad SMARTS) is 1. The van der Waals surface area contributed by atoms with Gasteiger partial charge in [0, 0.05) is 6.07 Å². The second-order valence-electron chi connectivity index (χ2n) is 4.05. The number of carbonyl (C=O) groups is 1. The Morgan fingerprint density at radius 1 is 1.48 bits per heavy atom. The van der Waals surface area contributed by atoms with E-state index in [1.165, 1.54) is 0 Å². The van der Waals surface area contributed by atoms with Crippen LogP contribution in [0.15, 0.2) is 23.1 Å². The number of rotatable bonds is 6. The highest BCUT2D eigenvalue weighted by Gasteiger charge is 2.31. The largest absolute Gasteiger partial charge is 0.480 e. The topological polar surface area (TPSA) is 147 Å². The number of hydrogen-bond acceptors (Lipinski definition) is 6. The van der Waals surface area contributed by atoms with Crippen LogP contribution >= 0.6 is 0 Å². The number of halogens is 1. The first-order valence-corrected chi connectivity index (χ1v) is 6.91. The van der Waals surface area contributed by atoms with Crippen LogP contribution in [0.3, 0.4) is 0 Å². The molecule has 0 aromatic heterocycles. The Labute approximate surface area is 118 Å². The molecule has 1 aromatic carbocycles. The number of nitro benzene ring substituents is 1. The van der Waals surface area contributed by atoms with Crippen molar-refractivity contribution in [3.63, 3.8) is 0 Å². The lowest BCUT2D eigenvalue weighted by Crippen LogP contribution is -2.47. The van der Waals surface area contributed by atoms with Crippen LogP contribution in [0, 0.1) is 15.9 Å². The molecule has 0 aliphatic rings. The lowest BCUT2D eigenvalue weighted by molar-refractivity contribution is -0.385. The number of nitrogens with one attached hydrogen (secondary N) is 1. The van der Waals surface area contributed by atoms with Crippen LogP contribution in [0.2, 0.25) is 0 Å². The minimum Gasteiger partial charge on any atom is -0.480 e. The van der Waals surface area contributed by atoms with Gasteiger partial charge >= 0.3 is 5.97 Å². The van der Waals surface area contributed by atoms with Gasteiger partial charge in [0.1, 0.15) is 16.8 Å². The predicted octanol–water partition coefficient (Wildman–Crippen LogP) is -0.154. The number of aliphatic hydroxyl groups is 1. The molecule has 0 bridgehead atoms. The predicted molar refractivity (Wildman–Crippen MR) is 66.5 cm³/mol. The van der Waals surface area contributed by atoms with Crippen LogP contribution < -0.4 is 4.72 Å². The molecule has 0 aliphatic carbocycles. The first-order chi connectivity index (χ1) is 9.56. The maximum atomic E-state index is 13.6. The van der Waals surface area contributed by atoms with Crippen LogP contribution in [0.1, 0.15) is 6.92 Å². The number of carboxylic acids is 1. The first-order valence-electron chi connectivity index (χ1n) is 5.43. The summed E-state index contributed by atoms with van der Waals surface area (Å²) in [5, 5.41) is 28.4. The van der Waals surface area contributed by atoms with E-state index in [2.05, 4.69) is 0 Å². The van der Waals surface area contributed by atoms with Crippen LogP contribution in [0.25, 0.3) is 0 Å². The lowest BCUT2D eigenvalue weighted by Gasteiger charge is -2.17. The molecule has 0 radical (unpaired) electrons. The van der Waals surface area contributed by atoms with Crippen molar-refractivity contribution in [3.05, 3.63) is 34.1 Å². The van der Waals surface area contributed by atoms with Crippen LogP contribution in [0.5, 0.6) is 0 Å². The van der Waals surface area contributed by atoms with Crippen molar-refractivity contribution in [2.24, 2.45) is 0 Å². The molecule has 0 aliphatic heterocycles. The molecule has 0 fully saturated rings. The molecule has 0 amide bonds. The number of non-ortho nitro benzene ring substituents is 1. The zero-order chi connectivity index (χ0) is 16.4. The van der Waals surface area contributed by atoms with Gasteiger partial charge < -0.3 is 10.2 Å².